The van der Waals surface area contributed by atoms with Gasteiger partial charge < -0.3 is 9.72 Å². The number of anilines is 1. The molecule has 0 fully saturated rings. The molecule has 0 bridgehead atoms. The minimum Gasteiger partial charge on any atom is -0.462 e. The Morgan fingerprint density at radius 3 is 2.48 bits per heavy atom. The lowest BCUT2D eigenvalue weighted by molar-refractivity contribution is 0.0526. The highest BCUT2D eigenvalue weighted by Crippen LogP contribution is 2.44. The number of aromatic nitrogens is 1. The average molecular weight is 410 g/mol. The van der Waals surface area contributed by atoms with Gasteiger partial charge in [-0.3, -0.25) is 9.69 Å². The van der Waals surface area contributed by atoms with Crippen LogP contribution in [0.3, 0.4) is 0 Å². The van der Waals surface area contributed by atoms with E-state index in [0.717, 1.165) is 33.4 Å². The number of H-pyrrole nitrogens is 1. The number of para-hydroxylation sites is 1. The van der Waals surface area contributed by atoms with Crippen molar-refractivity contribution in [1.29, 1.82) is 0 Å². The van der Waals surface area contributed by atoms with Gasteiger partial charge in [-0.15, -0.1) is 0 Å². The van der Waals surface area contributed by atoms with Crippen LogP contribution < -0.4 is 4.90 Å². The molecule has 0 spiro atoms. The lowest BCUT2D eigenvalue weighted by atomic mass is 9.95. The third-order valence-electron chi connectivity index (χ3n) is 5.84. The van der Waals surface area contributed by atoms with Crippen molar-refractivity contribution in [2.45, 2.75) is 19.9 Å². The molecule has 1 N–H and O–H groups in total. The third-order valence-corrected chi connectivity index (χ3v) is 5.84. The van der Waals surface area contributed by atoms with Crippen LogP contribution in [0.15, 0.2) is 72.8 Å². The van der Waals surface area contributed by atoms with Crippen molar-refractivity contribution in [3.05, 3.63) is 101 Å². The van der Waals surface area contributed by atoms with Crippen molar-refractivity contribution in [1.82, 2.24) is 4.98 Å². The van der Waals surface area contributed by atoms with Crippen LogP contribution >= 0.6 is 0 Å². The molecule has 1 aromatic heterocycles. The van der Waals surface area contributed by atoms with E-state index in [1.54, 1.807) is 19.1 Å². The summed E-state index contributed by atoms with van der Waals surface area (Å²) in [5.74, 6) is -0.414. The van der Waals surface area contributed by atoms with Crippen molar-refractivity contribution in [3.63, 3.8) is 0 Å². The van der Waals surface area contributed by atoms with Crippen LogP contribution in [-0.2, 0) is 4.74 Å². The van der Waals surface area contributed by atoms with E-state index in [1.807, 2.05) is 66.4 Å². The van der Waals surface area contributed by atoms with E-state index < -0.39 is 0 Å². The number of carbonyl (C=O) groups excluding carboxylic acids is 2. The molecular weight excluding hydrogens is 388 g/mol. The van der Waals surface area contributed by atoms with E-state index in [9.17, 15) is 9.59 Å². The first-order chi connectivity index (χ1) is 15.1. The number of hydrogen-bond acceptors (Lipinski definition) is 3. The van der Waals surface area contributed by atoms with Crippen molar-refractivity contribution in [3.8, 4) is 0 Å². The van der Waals surface area contributed by atoms with Crippen LogP contribution in [0.2, 0.25) is 0 Å². The van der Waals surface area contributed by atoms with E-state index in [1.165, 1.54) is 0 Å². The summed E-state index contributed by atoms with van der Waals surface area (Å²) in [6, 6.07) is 22.7. The van der Waals surface area contributed by atoms with Gasteiger partial charge >= 0.3 is 5.97 Å². The summed E-state index contributed by atoms with van der Waals surface area (Å²) in [5.41, 5.74) is 6.05. The van der Waals surface area contributed by atoms with Gasteiger partial charge in [0.15, 0.2) is 0 Å². The smallest absolute Gasteiger partial charge is 0.338 e. The number of aromatic amines is 1. The third kappa shape index (κ3) is 3.01. The summed E-state index contributed by atoms with van der Waals surface area (Å²) in [6.45, 7) is 4.14. The molecule has 0 aliphatic carbocycles. The van der Waals surface area contributed by atoms with Crippen molar-refractivity contribution in [2.24, 2.45) is 0 Å². The second-order valence-electron chi connectivity index (χ2n) is 7.64. The molecular formula is C26H22N2O3. The van der Waals surface area contributed by atoms with Gasteiger partial charge in [0, 0.05) is 33.4 Å². The maximum Gasteiger partial charge on any atom is 0.338 e. The number of ether oxygens (including phenoxy) is 1. The summed E-state index contributed by atoms with van der Waals surface area (Å²) in [5, 5.41) is 1.10. The number of nitrogens with zero attached hydrogens (tertiary/aromatic N) is 1. The molecule has 5 nitrogen and oxygen atoms in total. The molecule has 2 heterocycles. The normalized spacial score (nSPS) is 15.4. The lowest BCUT2D eigenvalue weighted by Gasteiger charge is -2.26. The van der Waals surface area contributed by atoms with Gasteiger partial charge in [0.25, 0.3) is 5.91 Å². The first kappa shape index (κ1) is 19.1. The average Bonchev–Trinajstić information content (AvgIpc) is 3.27. The van der Waals surface area contributed by atoms with E-state index in [0.29, 0.717) is 17.7 Å². The van der Waals surface area contributed by atoms with Crippen LogP contribution in [0.1, 0.15) is 50.5 Å². The van der Waals surface area contributed by atoms with Gasteiger partial charge in [-0.1, -0.05) is 36.4 Å². The Morgan fingerprint density at radius 1 is 1.00 bits per heavy atom. The van der Waals surface area contributed by atoms with Gasteiger partial charge in [0.05, 0.1) is 18.2 Å². The van der Waals surface area contributed by atoms with Gasteiger partial charge in [-0.2, -0.15) is 0 Å². The topological polar surface area (TPSA) is 62.4 Å². The summed E-state index contributed by atoms with van der Waals surface area (Å²) in [7, 11) is 0. The highest BCUT2D eigenvalue weighted by atomic mass is 16.5. The Labute approximate surface area is 180 Å². The number of nitrogens with one attached hydrogen (secondary N) is 1. The molecule has 5 heteroatoms. The predicted molar refractivity (Wildman–Crippen MR) is 121 cm³/mol. The summed E-state index contributed by atoms with van der Waals surface area (Å²) in [4.78, 5) is 30.8. The molecule has 31 heavy (non-hydrogen) atoms. The molecule has 0 saturated carbocycles. The van der Waals surface area contributed by atoms with E-state index >= 15 is 0 Å². The molecule has 1 unspecified atom stereocenters. The minimum absolute atomic E-state index is 0.0471. The molecule has 3 aromatic carbocycles. The number of fused-ring (bicyclic) bond motifs is 2. The number of amides is 1. The number of carbonyl (C=O) groups is 2. The maximum absolute atomic E-state index is 13.5. The monoisotopic (exact) mass is 410 g/mol. The predicted octanol–water partition coefficient (Wildman–Crippen LogP) is 5.40. The Bertz CT molecular complexity index is 1300. The number of rotatable bonds is 4. The SMILES string of the molecule is CCOC(=O)c1ccc(N2C(=O)c3ccccc3C2c2c(C)[nH]c3ccccc23)cc1. The Hall–Kier alpha value is -3.86. The Kier molecular flexibility index (Phi) is 4.59. The molecule has 1 amide bonds. The Balaban J connectivity index is 1.66. The fraction of sp³-hybridized carbons (Fsp3) is 0.154. The first-order valence-corrected chi connectivity index (χ1v) is 10.4. The van der Waals surface area contributed by atoms with Gasteiger partial charge in [0.2, 0.25) is 0 Å². The quantitative estimate of drug-likeness (QED) is 0.458. The molecule has 4 aromatic rings. The number of hydrogen-bond donors (Lipinski definition) is 1. The number of aryl methyl sites for hydroxylation is 1. The highest BCUT2D eigenvalue weighted by Gasteiger charge is 2.40. The number of benzene rings is 3. The van der Waals surface area contributed by atoms with Crippen LogP contribution in [0.4, 0.5) is 5.69 Å². The van der Waals surface area contributed by atoms with Crippen LogP contribution in [0.25, 0.3) is 10.9 Å². The zero-order chi connectivity index (χ0) is 21.5. The molecule has 0 saturated heterocycles. The fourth-order valence-electron chi connectivity index (χ4n) is 4.49. The van der Waals surface area contributed by atoms with E-state index in [-0.39, 0.29) is 17.9 Å². The molecule has 5 rings (SSSR count). The highest BCUT2D eigenvalue weighted by molar-refractivity contribution is 6.12. The molecule has 0 radical (unpaired) electrons. The minimum atomic E-state index is -0.367. The van der Waals surface area contributed by atoms with Gasteiger partial charge in [-0.05, 0) is 55.8 Å². The summed E-state index contributed by atoms with van der Waals surface area (Å²) in [6.07, 6.45) is 0. The Morgan fingerprint density at radius 2 is 1.71 bits per heavy atom. The van der Waals surface area contributed by atoms with Crippen molar-refractivity contribution < 1.29 is 14.3 Å². The van der Waals surface area contributed by atoms with Crippen molar-refractivity contribution >= 4 is 28.5 Å². The first-order valence-electron chi connectivity index (χ1n) is 10.4. The number of esters is 1. The van der Waals surface area contributed by atoms with Gasteiger partial charge in [0.1, 0.15) is 0 Å². The van der Waals surface area contributed by atoms with Gasteiger partial charge in [-0.25, -0.2) is 4.79 Å². The molecule has 154 valence electrons. The lowest BCUT2D eigenvalue weighted by Crippen LogP contribution is -2.28. The zero-order valence-electron chi connectivity index (χ0n) is 17.4. The largest absolute Gasteiger partial charge is 0.462 e. The standard InChI is InChI=1S/C26H22N2O3/c1-3-31-26(30)17-12-14-18(15-13-17)28-24(19-8-4-5-9-20(19)25(28)29)23-16(2)27-22-11-7-6-10-21(22)23/h4-15,24,27H,3H2,1-2H3. The van der Waals surface area contributed by atoms with Crippen LogP contribution in [0.5, 0.6) is 0 Å². The second-order valence-corrected chi connectivity index (χ2v) is 7.64. The van der Waals surface area contributed by atoms with Crippen molar-refractivity contribution in [2.75, 3.05) is 11.5 Å². The summed E-state index contributed by atoms with van der Waals surface area (Å²) < 4.78 is 5.09. The molecule has 1 aliphatic heterocycles. The van der Waals surface area contributed by atoms with Crippen LogP contribution in [-0.4, -0.2) is 23.5 Å². The van der Waals surface area contributed by atoms with E-state index in [4.69, 9.17) is 4.74 Å². The maximum atomic E-state index is 13.5. The summed E-state index contributed by atoms with van der Waals surface area (Å²) >= 11 is 0. The fourth-order valence-corrected chi connectivity index (χ4v) is 4.49. The van der Waals surface area contributed by atoms with Crippen LogP contribution in [0, 0.1) is 6.92 Å². The molecule has 1 aliphatic rings. The zero-order valence-corrected chi connectivity index (χ0v) is 17.4. The van der Waals surface area contributed by atoms with E-state index in [2.05, 4.69) is 11.1 Å². The second kappa shape index (κ2) is 7.43. The molecule has 1 atom stereocenters.